The number of hydrogen-bond acceptors (Lipinski definition) is 1. The lowest BCUT2D eigenvalue weighted by Crippen LogP contribution is -2.39. The second-order valence-electron chi connectivity index (χ2n) is 6.84. The third-order valence-corrected chi connectivity index (χ3v) is 5.16. The Morgan fingerprint density at radius 2 is 1.65 bits per heavy atom. The largest absolute Gasteiger partial charge is 0.416 e. The SMILES string of the molecule is Cc1ccccc1CC(=O)N1CCC(c2ccccc2C(F)(F)F)CC1. The van der Waals surface area contributed by atoms with Gasteiger partial charge in [-0.3, -0.25) is 4.79 Å². The molecule has 1 amide bonds. The van der Waals surface area contributed by atoms with Gasteiger partial charge in [-0.05, 0) is 48.4 Å². The van der Waals surface area contributed by atoms with E-state index in [1.807, 2.05) is 31.2 Å². The maximum Gasteiger partial charge on any atom is 0.416 e. The smallest absolute Gasteiger partial charge is 0.342 e. The van der Waals surface area contributed by atoms with Crippen LogP contribution in [-0.4, -0.2) is 23.9 Å². The molecule has 1 aliphatic heterocycles. The van der Waals surface area contributed by atoms with Gasteiger partial charge >= 0.3 is 6.18 Å². The van der Waals surface area contributed by atoms with E-state index in [4.69, 9.17) is 0 Å². The van der Waals surface area contributed by atoms with E-state index < -0.39 is 11.7 Å². The van der Waals surface area contributed by atoms with Gasteiger partial charge in [0.2, 0.25) is 5.91 Å². The van der Waals surface area contributed by atoms with Crippen molar-refractivity contribution in [3.63, 3.8) is 0 Å². The first-order valence-electron chi connectivity index (χ1n) is 8.84. The highest BCUT2D eigenvalue weighted by Crippen LogP contribution is 2.38. The zero-order valence-electron chi connectivity index (χ0n) is 14.7. The second kappa shape index (κ2) is 7.52. The van der Waals surface area contributed by atoms with Crippen molar-refractivity contribution >= 4 is 5.91 Å². The third kappa shape index (κ3) is 4.09. The quantitative estimate of drug-likeness (QED) is 0.756. The Kier molecular flexibility index (Phi) is 5.35. The molecule has 0 aliphatic carbocycles. The molecule has 1 aliphatic rings. The van der Waals surface area contributed by atoms with Gasteiger partial charge in [0.25, 0.3) is 0 Å². The van der Waals surface area contributed by atoms with Crippen molar-refractivity contribution in [2.45, 2.75) is 38.3 Å². The molecule has 0 aromatic heterocycles. The van der Waals surface area contributed by atoms with Gasteiger partial charge in [0, 0.05) is 13.1 Å². The fourth-order valence-corrected chi connectivity index (χ4v) is 3.63. The number of carbonyl (C=O) groups is 1. The van der Waals surface area contributed by atoms with Crippen LogP contribution in [0.25, 0.3) is 0 Å². The van der Waals surface area contributed by atoms with E-state index in [-0.39, 0.29) is 11.8 Å². The van der Waals surface area contributed by atoms with Gasteiger partial charge in [-0.2, -0.15) is 13.2 Å². The number of piperidine rings is 1. The van der Waals surface area contributed by atoms with Crippen molar-refractivity contribution in [2.75, 3.05) is 13.1 Å². The van der Waals surface area contributed by atoms with Crippen LogP contribution in [0.3, 0.4) is 0 Å². The fourth-order valence-electron chi connectivity index (χ4n) is 3.63. The summed E-state index contributed by atoms with van der Waals surface area (Å²) in [6.45, 7) is 2.98. The Labute approximate surface area is 151 Å². The molecule has 0 bridgehead atoms. The van der Waals surface area contributed by atoms with Gasteiger partial charge < -0.3 is 4.90 Å². The van der Waals surface area contributed by atoms with E-state index in [2.05, 4.69) is 0 Å². The minimum absolute atomic E-state index is 0.0434. The predicted octanol–water partition coefficient (Wildman–Crippen LogP) is 4.96. The van der Waals surface area contributed by atoms with Crippen LogP contribution in [0.15, 0.2) is 48.5 Å². The molecule has 1 saturated heterocycles. The first-order chi connectivity index (χ1) is 12.4. The lowest BCUT2D eigenvalue weighted by molar-refractivity contribution is -0.139. The molecule has 26 heavy (non-hydrogen) atoms. The van der Waals surface area contributed by atoms with Crippen LogP contribution in [0.2, 0.25) is 0 Å². The standard InChI is InChI=1S/C21H22F3NO/c1-15-6-2-3-7-17(15)14-20(26)25-12-10-16(11-13-25)18-8-4-5-9-19(18)21(22,23)24/h2-9,16H,10-14H2,1H3. The van der Waals surface area contributed by atoms with Gasteiger partial charge in [-0.25, -0.2) is 0 Å². The molecule has 3 rings (SSSR count). The molecule has 138 valence electrons. The molecule has 0 atom stereocenters. The first-order valence-corrected chi connectivity index (χ1v) is 8.84. The monoisotopic (exact) mass is 361 g/mol. The Morgan fingerprint density at radius 1 is 1.04 bits per heavy atom. The molecule has 5 heteroatoms. The summed E-state index contributed by atoms with van der Waals surface area (Å²) in [7, 11) is 0. The summed E-state index contributed by atoms with van der Waals surface area (Å²) in [5.41, 5.74) is 1.88. The van der Waals surface area contributed by atoms with E-state index >= 15 is 0 Å². The number of likely N-dealkylation sites (tertiary alicyclic amines) is 1. The van der Waals surface area contributed by atoms with E-state index in [0.717, 1.165) is 17.2 Å². The summed E-state index contributed by atoms with van der Waals surface area (Å²) in [6, 6.07) is 13.6. The molecule has 1 fully saturated rings. The third-order valence-electron chi connectivity index (χ3n) is 5.16. The lowest BCUT2D eigenvalue weighted by Gasteiger charge is -2.33. The average molecular weight is 361 g/mol. The summed E-state index contributed by atoms with van der Waals surface area (Å²) in [5, 5.41) is 0. The minimum Gasteiger partial charge on any atom is -0.342 e. The Balaban J connectivity index is 1.65. The molecule has 2 nitrogen and oxygen atoms in total. The van der Waals surface area contributed by atoms with Gasteiger partial charge in [-0.1, -0.05) is 42.5 Å². The topological polar surface area (TPSA) is 20.3 Å². The molecule has 2 aromatic carbocycles. The van der Waals surface area contributed by atoms with Crippen molar-refractivity contribution in [2.24, 2.45) is 0 Å². The highest BCUT2D eigenvalue weighted by molar-refractivity contribution is 5.79. The number of nitrogens with zero attached hydrogens (tertiary/aromatic N) is 1. The van der Waals surface area contributed by atoms with E-state index in [0.29, 0.717) is 37.9 Å². The highest BCUT2D eigenvalue weighted by atomic mass is 19.4. The number of rotatable bonds is 3. The molecule has 0 radical (unpaired) electrons. The van der Waals surface area contributed by atoms with Crippen LogP contribution >= 0.6 is 0 Å². The number of carbonyl (C=O) groups excluding carboxylic acids is 1. The van der Waals surface area contributed by atoms with Crippen molar-refractivity contribution in [3.05, 3.63) is 70.8 Å². The van der Waals surface area contributed by atoms with Gasteiger partial charge in [-0.15, -0.1) is 0 Å². The van der Waals surface area contributed by atoms with Gasteiger partial charge in [0.15, 0.2) is 0 Å². The number of alkyl halides is 3. The normalized spacial score (nSPS) is 15.9. The van der Waals surface area contributed by atoms with Crippen LogP contribution in [0.4, 0.5) is 13.2 Å². The fraction of sp³-hybridized carbons (Fsp3) is 0.381. The molecule has 0 saturated carbocycles. The van der Waals surface area contributed by atoms with Crippen LogP contribution < -0.4 is 0 Å². The Bertz CT molecular complexity index is 777. The molecule has 0 spiro atoms. The minimum atomic E-state index is -4.34. The molecular formula is C21H22F3NO. The number of amides is 1. The summed E-state index contributed by atoms with van der Waals surface area (Å²) in [4.78, 5) is 14.3. The van der Waals surface area contributed by atoms with E-state index in [1.165, 1.54) is 6.07 Å². The van der Waals surface area contributed by atoms with Crippen LogP contribution in [0.1, 0.15) is 41.0 Å². The summed E-state index contributed by atoms with van der Waals surface area (Å²) < 4.78 is 39.7. The molecule has 0 N–H and O–H groups in total. The van der Waals surface area contributed by atoms with E-state index in [9.17, 15) is 18.0 Å². The summed E-state index contributed by atoms with van der Waals surface area (Å²) >= 11 is 0. The number of aryl methyl sites for hydroxylation is 1. The van der Waals surface area contributed by atoms with Gasteiger partial charge in [0.05, 0.1) is 12.0 Å². The molecular weight excluding hydrogens is 339 g/mol. The van der Waals surface area contributed by atoms with E-state index in [1.54, 1.807) is 17.0 Å². The van der Waals surface area contributed by atoms with Crippen LogP contribution in [0, 0.1) is 6.92 Å². The Morgan fingerprint density at radius 3 is 2.31 bits per heavy atom. The summed E-state index contributed by atoms with van der Waals surface area (Å²) in [6.07, 6.45) is -2.87. The van der Waals surface area contributed by atoms with Crippen LogP contribution in [-0.2, 0) is 17.4 Å². The predicted molar refractivity (Wildman–Crippen MR) is 94.9 cm³/mol. The summed E-state index contributed by atoms with van der Waals surface area (Å²) in [5.74, 6) is -0.114. The average Bonchev–Trinajstić information content (AvgIpc) is 2.63. The molecule has 0 unspecified atom stereocenters. The first kappa shape index (κ1) is 18.5. The maximum atomic E-state index is 13.2. The number of hydrogen-bond donors (Lipinski definition) is 0. The highest BCUT2D eigenvalue weighted by Gasteiger charge is 2.36. The maximum absolute atomic E-state index is 13.2. The van der Waals surface area contributed by atoms with Crippen LogP contribution in [0.5, 0.6) is 0 Å². The molecule has 1 heterocycles. The number of halogens is 3. The lowest BCUT2D eigenvalue weighted by atomic mass is 9.86. The zero-order valence-corrected chi connectivity index (χ0v) is 14.7. The molecule has 2 aromatic rings. The second-order valence-corrected chi connectivity index (χ2v) is 6.84. The van der Waals surface area contributed by atoms with Crippen molar-refractivity contribution < 1.29 is 18.0 Å². The van der Waals surface area contributed by atoms with Crippen molar-refractivity contribution in [1.29, 1.82) is 0 Å². The number of benzene rings is 2. The Hall–Kier alpha value is -2.30. The zero-order chi connectivity index (χ0) is 18.7. The van der Waals surface area contributed by atoms with Gasteiger partial charge in [0.1, 0.15) is 0 Å². The van der Waals surface area contributed by atoms with Crippen molar-refractivity contribution in [1.82, 2.24) is 4.90 Å². The van der Waals surface area contributed by atoms with Crippen molar-refractivity contribution in [3.8, 4) is 0 Å².